The quantitative estimate of drug-likeness (QED) is 0.824. The molecular formula is C13H16ClN3OS. The molecule has 1 aromatic carbocycles. The van der Waals surface area contributed by atoms with Gasteiger partial charge in [-0.2, -0.15) is 4.98 Å². The van der Waals surface area contributed by atoms with Crippen molar-refractivity contribution in [2.45, 2.75) is 30.0 Å². The molecule has 102 valence electrons. The van der Waals surface area contributed by atoms with Gasteiger partial charge in [-0.25, -0.2) is 0 Å². The van der Waals surface area contributed by atoms with Crippen LogP contribution in [0.25, 0.3) is 0 Å². The summed E-state index contributed by atoms with van der Waals surface area (Å²) in [5.74, 6) is 1.97. The minimum Gasteiger partial charge on any atom is -0.338 e. The Morgan fingerprint density at radius 2 is 2.21 bits per heavy atom. The number of halogens is 1. The smallest absolute Gasteiger partial charge is 0.243 e. The van der Waals surface area contributed by atoms with Crippen LogP contribution < -0.4 is 5.32 Å². The van der Waals surface area contributed by atoms with Gasteiger partial charge in [0, 0.05) is 4.90 Å². The molecule has 0 fully saturated rings. The number of nitrogens with zero attached hydrogens (tertiary/aromatic N) is 2. The third-order valence-electron chi connectivity index (χ3n) is 2.73. The molecule has 1 aromatic heterocycles. The molecule has 2 aromatic rings. The Hall–Kier alpha value is -1.04. The largest absolute Gasteiger partial charge is 0.338 e. The second kappa shape index (κ2) is 6.93. The minimum absolute atomic E-state index is 0.117. The van der Waals surface area contributed by atoms with Crippen LogP contribution in [0.15, 0.2) is 33.7 Å². The van der Waals surface area contributed by atoms with Crippen molar-refractivity contribution >= 4 is 23.4 Å². The molecule has 2 rings (SSSR count). The molecule has 1 heterocycles. The summed E-state index contributed by atoms with van der Waals surface area (Å²) in [6.07, 6.45) is 0.912. The summed E-state index contributed by atoms with van der Waals surface area (Å²) in [7, 11) is 1.89. The summed E-state index contributed by atoms with van der Waals surface area (Å²) < 4.78 is 5.26. The second-order valence-corrected chi connectivity index (χ2v) is 5.44. The van der Waals surface area contributed by atoms with E-state index in [1.807, 2.05) is 31.3 Å². The molecule has 0 radical (unpaired) electrons. The summed E-state index contributed by atoms with van der Waals surface area (Å²) in [6.45, 7) is 2.07. The first-order chi connectivity index (χ1) is 9.24. The molecule has 6 heteroatoms. The first-order valence-corrected chi connectivity index (χ1v) is 7.48. The van der Waals surface area contributed by atoms with Crippen molar-refractivity contribution in [1.29, 1.82) is 0 Å². The molecule has 19 heavy (non-hydrogen) atoms. The molecule has 0 bridgehead atoms. The lowest BCUT2D eigenvalue weighted by Crippen LogP contribution is -2.15. The van der Waals surface area contributed by atoms with Gasteiger partial charge in [0.25, 0.3) is 0 Å². The Labute approximate surface area is 121 Å². The highest BCUT2D eigenvalue weighted by atomic mass is 35.5. The van der Waals surface area contributed by atoms with Crippen LogP contribution in [-0.2, 0) is 5.75 Å². The van der Waals surface area contributed by atoms with E-state index in [0.29, 0.717) is 17.5 Å². The number of thioether (sulfide) groups is 1. The van der Waals surface area contributed by atoms with Gasteiger partial charge >= 0.3 is 0 Å². The number of nitrogens with one attached hydrogen (secondary N) is 1. The Kier molecular flexibility index (Phi) is 5.24. The van der Waals surface area contributed by atoms with Crippen molar-refractivity contribution in [2.24, 2.45) is 0 Å². The van der Waals surface area contributed by atoms with Gasteiger partial charge in [-0.15, -0.1) is 11.8 Å². The topological polar surface area (TPSA) is 51.0 Å². The van der Waals surface area contributed by atoms with Crippen molar-refractivity contribution in [3.63, 3.8) is 0 Å². The molecule has 1 N–H and O–H groups in total. The molecule has 4 nitrogen and oxygen atoms in total. The summed E-state index contributed by atoms with van der Waals surface area (Å²) in [4.78, 5) is 5.42. The minimum atomic E-state index is 0.117. The summed E-state index contributed by atoms with van der Waals surface area (Å²) in [5.41, 5.74) is 0. The van der Waals surface area contributed by atoms with Crippen molar-refractivity contribution in [2.75, 3.05) is 7.05 Å². The second-order valence-electron chi connectivity index (χ2n) is 4.02. The van der Waals surface area contributed by atoms with Crippen LogP contribution in [0, 0.1) is 0 Å². The molecule has 0 aliphatic carbocycles. The molecule has 0 saturated heterocycles. The van der Waals surface area contributed by atoms with Crippen LogP contribution >= 0.6 is 23.4 Å². The van der Waals surface area contributed by atoms with Crippen molar-refractivity contribution in [3.8, 4) is 0 Å². The first-order valence-electron chi connectivity index (χ1n) is 6.11. The van der Waals surface area contributed by atoms with Gasteiger partial charge in [0.2, 0.25) is 5.89 Å². The predicted octanol–water partition coefficient (Wildman–Crippen LogP) is 3.69. The molecule has 0 amide bonds. The maximum atomic E-state index is 6.10. The number of aromatic nitrogens is 2. The number of hydrogen-bond donors (Lipinski definition) is 1. The van der Waals surface area contributed by atoms with Gasteiger partial charge in [-0.1, -0.05) is 35.8 Å². The molecular weight excluding hydrogens is 282 g/mol. The number of rotatable bonds is 6. The average molecular weight is 298 g/mol. The predicted molar refractivity (Wildman–Crippen MR) is 77.4 cm³/mol. The SMILES string of the molecule is CCC(NC)c1nc(CSc2ccccc2Cl)no1. The van der Waals surface area contributed by atoms with E-state index in [2.05, 4.69) is 22.4 Å². The Morgan fingerprint density at radius 1 is 1.42 bits per heavy atom. The monoisotopic (exact) mass is 297 g/mol. The van der Waals surface area contributed by atoms with Gasteiger partial charge in [-0.3, -0.25) is 0 Å². The Balaban J connectivity index is 1.99. The fourth-order valence-corrected chi connectivity index (χ4v) is 2.76. The third kappa shape index (κ3) is 3.72. The fourth-order valence-electron chi connectivity index (χ4n) is 1.67. The zero-order chi connectivity index (χ0) is 13.7. The van der Waals surface area contributed by atoms with Gasteiger partial charge in [0.15, 0.2) is 5.82 Å². The number of hydrogen-bond acceptors (Lipinski definition) is 5. The van der Waals surface area contributed by atoms with Crippen LogP contribution in [0.4, 0.5) is 0 Å². The summed E-state index contributed by atoms with van der Waals surface area (Å²) in [6, 6.07) is 7.85. The standard InChI is InChI=1S/C13H16ClN3OS/c1-3-10(15-2)13-16-12(17-18-13)8-19-11-7-5-4-6-9(11)14/h4-7,10,15H,3,8H2,1-2H3. The molecule has 0 aliphatic heterocycles. The highest BCUT2D eigenvalue weighted by Crippen LogP contribution is 2.28. The zero-order valence-electron chi connectivity index (χ0n) is 10.9. The van der Waals surface area contributed by atoms with E-state index in [-0.39, 0.29) is 6.04 Å². The van der Waals surface area contributed by atoms with E-state index in [0.717, 1.165) is 16.3 Å². The summed E-state index contributed by atoms with van der Waals surface area (Å²) >= 11 is 7.70. The van der Waals surface area contributed by atoms with Gasteiger partial charge < -0.3 is 9.84 Å². The van der Waals surface area contributed by atoms with Crippen molar-refractivity contribution in [3.05, 3.63) is 41.0 Å². The van der Waals surface area contributed by atoms with Crippen LogP contribution in [0.2, 0.25) is 5.02 Å². The van der Waals surface area contributed by atoms with Gasteiger partial charge in [0.05, 0.1) is 16.8 Å². The van der Waals surface area contributed by atoms with Crippen LogP contribution in [0.1, 0.15) is 31.1 Å². The van der Waals surface area contributed by atoms with Crippen molar-refractivity contribution < 1.29 is 4.52 Å². The maximum absolute atomic E-state index is 6.10. The van der Waals surface area contributed by atoms with Crippen LogP contribution in [0.5, 0.6) is 0 Å². The lowest BCUT2D eigenvalue weighted by Gasteiger charge is -2.06. The maximum Gasteiger partial charge on any atom is 0.243 e. The normalized spacial score (nSPS) is 12.6. The third-order valence-corrected chi connectivity index (χ3v) is 4.24. The number of benzene rings is 1. The first kappa shape index (κ1) is 14.4. The lowest BCUT2D eigenvalue weighted by molar-refractivity contribution is 0.332. The molecule has 1 unspecified atom stereocenters. The average Bonchev–Trinajstić information content (AvgIpc) is 2.88. The summed E-state index contributed by atoms with van der Waals surface area (Å²) in [5, 5.41) is 7.88. The highest BCUT2D eigenvalue weighted by molar-refractivity contribution is 7.98. The van der Waals surface area contributed by atoms with E-state index in [1.54, 1.807) is 11.8 Å². The fraction of sp³-hybridized carbons (Fsp3) is 0.385. The Bertz CT molecular complexity index is 528. The van der Waals surface area contributed by atoms with E-state index in [4.69, 9.17) is 16.1 Å². The van der Waals surface area contributed by atoms with Crippen LogP contribution in [0.3, 0.4) is 0 Å². The molecule has 0 saturated carbocycles. The van der Waals surface area contributed by atoms with E-state index >= 15 is 0 Å². The van der Waals surface area contributed by atoms with E-state index < -0.39 is 0 Å². The zero-order valence-corrected chi connectivity index (χ0v) is 12.5. The molecule has 1 atom stereocenters. The molecule has 0 spiro atoms. The highest BCUT2D eigenvalue weighted by Gasteiger charge is 2.15. The van der Waals surface area contributed by atoms with E-state index in [1.165, 1.54) is 0 Å². The van der Waals surface area contributed by atoms with Crippen LogP contribution in [-0.4, -0.2) is 17.2 Å². The van der Waals surface area contributed by atoms with E-state index in [9.17, 15) is 0 Å². The van der Waals surface area contributed by atoms with Gasteiger partial charge in [0.1, 0.15) is 0 Å². The lowest BCUT2D eigenvalue weighted by atomic mass is 10.2. The Morgan fingerprint density at radius 3 is 2.89 bits per heavy atom. The molecule has 0 aliphatic rings. The van der Waals surface area contributed by atoms with Gasteiger partial charge in [-0.05, 0) is 25.6 Å². The van der Waals surface area contributed by atoms with Crippen molar-refractivity contribution in [1.82, 2.24) is 15.5 Å².